The summed E-state index contributed by atoms with van der Waals surface area (Å²) in [5.41, 5.74) is 1.05. The molecular formula is C13H15N3O3. The minimum atomic E-state index is -0.224. The Balaban J connectivity index is 2.24. The van der Waals surface area contributed by atoms with Gasteiger partial charge >= 0.3 is 0 Å². The number of anilines is 1. The second-order valence-electron chi connectivity index (χ2n) is 3.87. The van der Waals surface area contributed by atoms with Crippen LogP contribution in [-0.2, 0) is 7.05 Å². The van der Waals surface area contributed by atoms with Crippen molar-refractivity contribution in [3.8, 4) is 11.8 Å². The Hall–Kier alpha value is -2.50. The predicted octanol–water partition coefficient (Wildman–Crippen LogP) is 1.69. The summed E-state index contributed by atoms with van der Waals surface area (Å²) < 4.78 is 11.9. The third-order valence-corrected chi connectivity index (χ3v) is 2.66. The molecule has 0 aromatic carbocycles. The van der Waals surface area contributed by atoms with Gasteiger partial charge in [0.2, 0.25) is 11.8 Å². The van der Waals surface area contributed by atoms with Crippen molar-refractivity contribution in [1.29, 1.82) is 0 Å². The van der Waals surface area contributed by atoms with E-state index in [0.29, 0.717) is 23.1 Å². The molecule has 0 unspecified atom stereocenters. The zero-order chi connectivity index (χ0) is 13.8. The van der Waals surface area contributed by atoms with Gasteiger partial charge in [0.1, 0.15) is 11.4 Å². The number of pyridine rings is 1. The van der Waals surface area contributed by atoms with Crippen molar-refractivity contribution < 1.29 is 14.3 Å². The molecule has 1 N–H and O–H groups in total. The smallest absolute Gasteiger partial charge is 0.272 e. The van der Waals surface area contributed by atoms with Crippen LogP contribution in [0.15, 0.2) is 30.5 Å². The van der Waals surface area contributed by atoms with Crippen LogP contribution in [0.4, 0.5) is 5.69 Å². The van der Waals surface area contributed by atoms with Gasteiger partial charge in [-0.15, -0.1) is 0 Å². The van der Waals surface area contributed by atoms with E-state index in [2.05, 4.69) is 10.3 Å². The lowest BCUT2D eigenvalue weighted by Crippen LogP contribution is -2.16. The van der Waals surface area contributed by atoms with Crippen LogP contribution in [0, 0.1) is 0 Å². The molecule has 0 saturated heterocycles. The summed E-state index contributed by atoms with van der Waals surface area (Å²) >= 11 is 0. The summed E-state index contributed by atoms with van der Waals surface area (Å²) in [5.74, 6) is 0.508. The Morgan fingerprint density at radius 2 is 2.05 bits per heavy atom. The number of hydrogen-bond acceptors (Lipinski definition) is 4. The molecule has 0 aliphatic rings. The third-order valence-electron chi connectivity index (χ3n) is 2.66. The largest absolute Gasteiger partial charge is 0.481 e. The zero-order valence-corrected chi connectivity index (χ0v) is 11.0. The van der Waals surface area contributed by atoms with Gasteiger partial charge in [0.15, 0.2) is 0 Å². The monoisotopic (exact) mass is 261 g/mol. The molecule has 2 aromatic heterocycles. The second kappa shape index (κ2) is 5.43. The molecule has 0 atom stereocenters. The van der Waals surface area contributed by atoms with Gasteiger partial charge in [-0.1, -0.05) is 0 Å². The van der Waals surface area contributed by atoms with Crippen molar-refractivity contribution in [3.05, 3.63) is 36.2 Å². The number of amides is 1. The number of nitrogens with one attached hydrogen (secondary N) is 1. The molecule has 0 radical (unpaired) electrons. The number of aromatic nitrogens is 2. The molecule has 2 rings (SSSR count). The van der Waals surface area contributed by atoms with Crippen LogP contribution in [0.1, 0.15) is 10.5 Å². The van der Waals surface area contributed by atoms with E-state index >= 15 is 0 Å². The quantitative estimate of drug-likeness (QED) is 0.909. The van der Waals surface area contributed by atoms with Crippen LogP contribution < -0.4 is 14.8 Å². The highest BCUT2D eigenvalue weighted by atomic mass is 16.5. The van der Waals surface area contributed by atoms with Crippen LogP contribution in [-0.4, -0.2) is 29.7 Å². The highest BCUT2D eigenvalue weighted by Gasteiger charge is 2.13. The summed E-state index contributed by atoms with van der Waals surface area (Å²) in [5, 5.41) is 2.75. The van der Waals surface area contributed by atoms with Crippen LogP contribution in [0.3, 0.4) is 0 Å². The average molecular weight is 261 g/mol. The fourth-order valence-corrected chi connectivity index (χ4v) is 1.67. The standard InChI is InChI=1S/C13H15N3O3/c1-16-8-4-5-10(16)12(17)14-9-6-7-11(18-2)15-13(9)19-3/h4-8H,1-3H3,(H,14,17). The van der Waals surface area contributed by atoms with Gasteiger partial charge in [0.25, 0.3) is 5.91 Å². The molecule has 100 valence electrons. The van der Waals surface area contributed by atoms with E-state index in [1.807, 2.05) is 0 Å². The number of hydrogen-bond donors (Lipinski definition) is 1. The maximum absolute atomic E-state index is 12.1. The number of nitrogens with zero attached hydrogens (tertiary/aromatic N) is 2. The molecule has 6 heteroatoms. The maximum Gasteiger partial charge on any atom is 0.272 e. The minimum absolute atomic E-state index is 0.224. The number of aryl methyl sites for hydroxylation is 1. The molecule has 0 fully saturated rings. The van der Waals surface area contributed by atoms with E-state index in [-0.39, 0.29) is 5.91 Å². The molecule has 6 nitrogen and oxygen atoms in total. The van der Waals surface area contributed by atoms with Crippen molar-refractivity contribution in [3.63, 3.8) is 0 Å². The lowest BCUT2D eigenvalue weighted by Gasteiger charge is -2.10. The summed E-state index contributed by atoms with van der Waals surface area (Å²) in [6.07, 6.45) is 1.80. The van der Waals surface area contributed by atoms with Gasteiger partial charge in [-0.25, -0.2) is 0 Å². The topological polar surface area (TPSA) is 65.4 Å². The molecule has 0 aliphatic heterocycles. The van der Waals surface area contributed by atoms with Crippen molar-refractivity contribution in [1.82, 2.24) is 9.55 Å². The highest BCUT2D eigenvalue weighted by Crippen LogP contribution is 2.25. The van der Waals surface area contributed by atoms with Gasteiger partial charge in [-0.2, -0.15) is 4.98 Å². The van der Waals surface area contributed by atoms with E-state index in [0.717, 1.165) is 0 Å². The van der Waals surface area contributed by atoms with Crippen molar-refractivity contribution in [2.24, 2.45) is 7.05 Å². The number of rotatable bonds is 4. The van der Waals surface area contributed by atoms with E-state index in [9.17, 15) is 4.79 Å². The van der Waals surface area contributed by atoms with Crippen molar-refractivity contribution >= 4 is 11.6 Å². The first-order valence-corrected chi connectivity index (χ1v) is 5.67. The minimum Gasteiger partial charge on any atom is -0.481 e. The fraction of sp³-hybridized carbons (Fsp3) is 0.231. The number of carbonyl (C=O) groups excluding carboxylic acids is 1. The van der Waals surface area contributed by atoms with Gasteiger partial charge in [0.05, 0.1) is 14.2 Å². The molecule has 0 bridgehead atoms. The van der Waals surface area contributed by atoms with Gasteiger partial charge in [0, 0.05) is 19.3 Å². The van der Waals surface area contributed by atoms with E-state index < -0.39 is 0 Å². The number of methoxy groups -OCH3 is 2. The summed E-state index contributed by atoms with van der Waals surface area (Å²) in [7, 11) is 4.81. The van der Waals surface area contributed by atoms with Crippen LogP contribution in [0.5, 0.6) is 11.8 Å². The van der Waals surface area contributed by atoms with Crippen LogP contribution in [0.2, 0.25) is 0 Å². The van der Waals surface area contributed by atoms with Gasteiger partial charge in [-0.3, -0.25) is 4.79 Å². The Morgan fingerprint density at radius 1 is 1.26 bits per heavy atom. The Morgan fingerprint density at radius 3 is 2.63 bits per heavy atom. The zero-order valence-electron chi connectivity index (χ0n) is 11.0. The van der Waals surface area contributed by atoms with Crippen molar-refractivity contribution in [2.75, 3.05) is 19.5 Å². The summed E-state index contributed by atoms with van der Waals surface area (Å²) in [6.45, 7) is 0. The first-order chi connectivity index (χ1) is 9.15. The highest BCUT2D eigenvalue weighted by molar-refractivity contribution is 6.03. The van der Waals surface area contributed by atoms with Crippen LogP contribution in [0.25, 0.3) is 0 Å². The van der Waals surface area contributed by atoms with Gasteiger partial charge < -0.3 is 19.4 Å². The van der Waals surface area contributed by atoms with Gasteiger partial charge in [-0.05, 0) is 18.2 Å². The second-order valence-corrected chi connectivity index (χ2v) is 3.87. The Labute approximate surface area is 111 Å². The third kappa shape index (κ3) is 2.67. The number of carbonyl (C=O) groups is 1. The Bertz CT molecular complexity index is 593. The molecule has 0 saturated carbocycles. The predicted molar refractivity (Wildman–Crippen MR) is 70.7 cm³/mol. The molecule has 2 aromatic rings. The van der Waals surface area contributed by atoms with Crippen LogP contribution >= 0.6 is 0 Å². The maximum atomic E-state index is 12.1. The molecule has 0 spiro atoms. The lowest BCUT2D eigenvalue weighted by atomic mass is 10.3. The molecule has 2 heterocycles. The molecule has 19 heavy (non-hydrogen) atoms. The fourth-order valence-electron chi connectivity index (χ4n) is 1.67. The average Bonchev–Trinajstić information content (AvgIpc) is 2.85. The number of ether oxygens (including phenoxy) is 2. The molecule has 1 amide bonds. The Kier molecular flexibility index (Phi) is 3.70. The van der Waals surface area contributed by atoms with E-state index in [1.165, 1.54) is 14.2 Å². The first kappa shape index (κ1) is 12.9. The normalized spacial score (nSPS) is 10.1. The van der Waals surface area contributed by atoms with Crippen molar-refractivity contribution in [2.45, 2.75) is 0 Å². The summed E-state index contributed by atoms with van der Waals surface area (Å²) in [4.78, 5) is 16.2. The first-order valence-electron chi connectivity index (χ1n) is 5.67. The molecule has 0 aliphatic carbocycles. The van der Waals surface area contributed by atoms with E-state index in [1.54, 1.807) is 42.1 Å². The SMILES string of the molecule is COc1ccc(NC(=O)c2cccn2C)c(OC)n1. The molecular weight excluding hydrogens is 246 g/mol. The van der Waals surface area contributed by atoms with E-state index in [4.69, 9.17) is 9.47 Å². The lowest BCUT2D eigenvalue weighted by molar-refractivity contribution is 0.101. The summed E-state index contributed by atoms with van der Waals surface area (Å²) in [6, 6.07) is 6.88.